The number of hydrogen-bond acceptors (Lipinski definition) is 4. The van der Waals surface area contributed by atoms with Crippen molar-refractivity contribution in [3.8, 4) is 0 Å². The van der Waals surface area contributed by atoms with Crippen LogP contribution < -0.4 is 5.32 Å². The van der Waals surface area contributed by atoms with Gasteiger partial charge in [0.2, 0.25) is 0 Å². The van der Waals surface area contributed by atoms with E-state index in [2.05, 4.69) is 17.1 Å². The Bertz CT molecular complexity index is 411. The molecule has 112 valence electrons. The Morgan fingerprint density at radius 2 is 2.05 bits per heavy atom. The lowest BCUT2D eigenvalue weighted by molar-refractivity contribution is 0.0336. The fraction of sp³-hybridized carbons (Fsp3) is 0.600. The fourth-order valence-electron chi connectivity index (χ4n) is 2.40. The Morgan fingerprint density at radius 3 is 2.75 bits per heavy atom. The Labute approximate surface area is 119 Å². The SMILES string of the molecule is CC(CN1CCOCC1)NCC(O)c1ccccc1F. The van der Waals surface area contributed by atoms with Gasteiger partial charge in [0.05, 0.1) is 19.3 Å². The van der Waals surface area contributed by atoms with Crippen LogP contribution in [0, 0.1) is 5.82 Å². The van der Waals surface area contributed by atoms with Crippen LogP contribution in [0.3, 0.4) is 0 Å². The van der Waals surface area contributed by atoms with Crippen molar-refractivity contribution >= 4 is 0 Å². The Balaban J connectivity index is 1.75. The van der Waals surface area contributed by atoms with Gasteiger partial charge in [-0.15, -0.1) is 0 Å². The maximum Gasteiger partial charge on any atom is 0.129 e. The zero-order valence-corrected chi connectivity index (χ0v) is 11.9. The molecule has 1 aliphatic rings. The summed E-state index contributed by atoms with van der Waals surface area (Å²) in [6, 6.07) is 6.59. The molecule has 4 nitrogen and oxygen atoms in total. The maximum absolute atomic E-state index is 13.5. The second-order valence-electron chi connectivity index (χ2n) is 5.26. The molecule has 0 aromatic heterocycles. The van der Waals surface area contributed by atoms with Crippen LogP contribution in [0.4, 0.5) is 4.39 Å². The number of ether oxygens (including phenoxy) is 1. The van der Waals surface area contributed by atoms with Gasteiger partial charge in [-0.3, -0.25) is 4.90 Å². The average Bonchev–Trinajstić information content (AvgIpc) is 2.46. The van der Waals surface area contributed by atoms with Gasteiger partial charge in [-0.2, -0.15) is 0 Å². The van der Waals surface area contributed by atoms with E-state index in [0.29, 0.717) is 12.1 Å². The highest BCUT2D eigenvalue weighted by molar-refractivity contribution is 5.19. The lowest BCUT2D eigenvalue weighted by Crippen LogP contribution is -2.45. The van der Waals surface area contributed by atoms with Crippen molar-refractivity contribution in [2.75, 3.05) is 39.4 Å². The molecule has 2 atom stereocenters. The van der Waals surface area contributed by atoms with Gasteiger partial charge in [-0.1, -0.05) is 18.2 Å². The first-order valence-corrected chi connectivity index (χ1v) is 7.13. The predicted octanol–water partition coefficient (Wildman–Crippen LogP) is 1.17. The average molecular weight is 282 g/mol. The third kappa shape index (κ3) is 4.52. The summed E-state index contributed by atoms with van der Waals surface area (Å²) >= 11 is 0. The second kappa shape index (κ2) is 7.69. The van der Waals surface area contributed by atoms with Crippen LogP contribution in [0.1, 0.15) is 18.6 Å². The van der Waals surface area contributed by atoms with Crippen molar-refractivity contribution in [2.45, 2.75) is 19.1 Å². The van der Waals surface area contributed by atoms with Gasteiger partial charge < -0.3 is 15.2 Å². The first-order valence-electron chi connectivity index (χ1n) is 7.13. The van der Waals surface area contributed by atoms with E-state index in [1.54, 1.807) is 18.2 Å². The molecule has 20 heavy (non-hydrogen) atoms. The van der Waals surface area contributed by atoms with Crippen molar-refractivity contribution < 1.29 is 14.2 Å². The Hall–Kier alpha value is -1.01. The van der Waals surface area contributed by atoms with Crippen LogP contribution in [0.5, 0.6) is 0 Å². The summed E-state index contributed by atoms with van der Waals surface area (Å²) in [6.45, 7) is 6.79. The summed E-state index contributed by atoms with van der Waals surface area (Å²) in [5.74, 6) is -0.359. The highest BCUT2D eigenvalue weighted by atomic mass is 19.1. The largest absolute Gasteiger partial charge is 0.387 e. The minimum absolute atomic E-state index is 0.245. The molecule has 1 heterocycles. The standard InChI is InChI=1S/C15H23FN2O2/c1-12(11-18-6-8-20-9-7-18)17-10-15(19)13-4-2-3-5-14(13)16/h2-5,12,15,17,19H,6-11H2,1H3. The van der Waals surface area contributed by atoms with E-state index in [-0.39, 0.29) is 11.9 Å². The zero-order valence-electron chi connectivity index (χ0n) is 11.9. The smallest absolute Gasteiger partial charge is 0.129 e. The van der Waals surface area contributed by atoms with Crippen LogP contribution >= 0.6 is 0 Å². The Kier molecular flexibility index (Phi) is 5.91. The molecule has 2 N–H and O–H groups in total. The van der Waals surface area contributed by atoms with Crippen molar-refractivity contribution in [2.24, 2.45) is 0 Å². The number of nitrogens with one attached hydrogen (secondary N) is 1. The van der Waals surface area contributed by atoms with Gasteiger partial charge in [0.1, 0.15) is 5.82 Å². The molecular weight excluding hydrogens is 259 g/mol. The first-order chi connectivity index (χ1) is 9.66. The molecule has 1 saturated heterocycles. The minimum atomic E-state index is -0.816. The molecule has 2 rings (SSSR count). The predicted molar refractivity (Wildman–Crippen MR) is 76.1 cm³/mol. The number of aliphatic hydroxyl groups excluding tert-OH is 1. The molecule has 1 aliphatic heterocycles. The monoisotopic (exact) mass is 282 g/mol. The van der Waals surface area contributed by atoms with Crippen molar-refractivity contribution in [3.63, 3.8) is 0 Å². The number of morpholine rings is 1. The van der Waals surface area contributed by atoms with Crippen LogP contribution in [-0.2, 0) is 4.74 Å². The van der Waals surface area contributed by atoms with Gasteiger partial charge in [-0.05, 0) is 13.0 Å². The third-order valence-corrected chi connectivity index (χ3v) is 3.56. The summed E-state index contributed by atoms with van der Waals surface area (Å²) in [4.78, 5) is 2.33. The second-order valence-corrected chi connectivity index (χ2v) is 5.26. The maximum atomic E-state index is 13.5. The quantitative estimate of drug-likeness (QED) is 0.822. The highest BCUT2D eigenvalue weighted by Gasteiger charge is 2.16. The summed E-state index contributed by atoms with van der Waals surface area (Å²) in [6.07, 6.45) is -0.816. The molecule has 1 aromatic rings. The van der Waals surface area contributed by atoms with Crippen LogP contribution in [0.2, 0.25) is 0 Å². The molecule has 0 spiro atoms. The molecule has 1 aromatic carbocycles. The number of rotatable bonds is 6. The molecule has 0 amide bonds. The Morgan fingerprint density at radius 1 is 1.35 bits per heavy atom. The molecule has 2 unspecified atom stereocenters. The van der Waals surface area contributed by atoms with Crippen molar-refractivity contribution in [3.05, 3.63) is 35.6 Å². The van der Waals surface area contributed by atoms with Crippen molar-refractivity contribution in [1.29, 1.82) is 0 Å². The number of benzene rings is 1. The van der Waals surface area contributed by atoms with E-state index < -0.39 is 6.10 Å². The summed E-state index contributed by atoms with van der Waals surface area (Å²) < 4.78 is 18.8. The molecule has 5 heteroatoms. The normalized spacial score (nSPS) is 19.8. The van der Waals surface area contributed by atoms with E-state index in [1.807, 2.05) is 0 Å². The van der Waals surface area contributed by atoms with Gasteiger partial charge in [0, 0.05) is 37.8 Å². The van der Waals surface area contributed by atoms with Crippen molar-refractivity contribution in [1.82, 2.24) is 10.2 Å². The summed E-state index contributed by atoms with van der Waals surface area (Å²) in [5, 5.41) is 13.3. The molecule has 0 bridgehead atoms. The van der Waals surface area contributed by atoms with Gasteiger partial charge >= 0.3 is 0 Å². The van der Waals surface area contributed by atoms with Crippen LogP contribution in [-0.4, -0.2) is 55.4 Å². The molecular formula is C15H23FN2O2. The third-order valence-electron chi connectivity index (χ3n) is 3.56. The summed E-state index contributed by atoms with van der Waals surface area (Å²) in [7, 11) is 0. The summed E-state index contributed by atoms with van der Waals surface area (Å²) in [5.41, 5.74) is 0.346. The molecule has 0 saturated carbocycles. The lowest BCUT2D eigenvalue weighted by atomic mass is 10.1. The number of halogens is 1. The van der Waals surface area contributed by atoms with E-state index in [1.165, 1.54) is 6.07 Å². The fourth-order valence-corrected chi connectivity index (χ4v) is 2.40. The van der Waals surface area contributed by atoms with E-state index in [4.69, 9.17) is 4.74 Å². The molecule has 0 radical (unpaired) electrons. The molecule has 0 aliphatic carbocycles. The van der Waals surface area contributed by atoms with Gasteiger partial charge in [0.15, 0.2) is 0 Å². The van der Waals surface area contributed by atoms with Crippen LogP contribution in [0.25, 0.3) is 0 Å². The van der Waals surface area contributed by atoms with E-state index in [0.717, 1.165) is 32.8 Å². The molecule has 1 fully saturated rings. The number of nitrogens with zero attached hydrogens (tertiary/aromatic N) is 1. The first kappa shape index (κ1) is 15.4. The highest BCUT2D eigenvalue weighted by Crippen LogP contribution is 2.15. The lowest BCUT2D eigenvalue weighted by Gasteiger charge is -2.29. The topological polar surface area (TPSA) is 44.7 Å². The van der Waals surface area contributed by atoms with E-state index in [9.17, 15) is 9.50 Å². The zero-order chi connectivity index (χ0) is 14.4. The van der Waals surface area contributed by atoms with Gasteiger partial charge in [-0.25, -0.2) is 4.39 Å². The van der Waals surface area contributed by atoms with E-state index >= 15 is 0 Å². The minimum Gasteiger partial charge on any atom is -0.387 e. The van der Waals surface area contributed by atoms with Gasteiger partial charge in [0.25, 0.3) is 0 Å². The van der Waals surface area contributed by atoms with Crippen LogP contribution in [0.15, 0.2) is 24.3 Å². The number of aliphatic hydroxyl groups is 1. The number of hydrogen-bond donors (Lipinski definition) is 2.